The summed E-state index contributed by atoms with van der Waals surface area (Å²) in [7, 11) is 0. The van der Waals surface area contributed by atoms with Crippen LogP contribution >= 0.6 is 11.3 Å². The molecule has 0 saturated carbocycles. The van der Waals surface area contributed by atoms with Crippen molar-refractivity contribution >= 4 is 22.9 Å². The van der Waals surface area contributed by atoms with Crippen LogP contribution in [0.15, 0.2) is 6.07 Å². The summed E-state index contributed by atoms with van der Waals surface area (Å²) < 4.78 is 0. The lowest BCUT2D eigenvalue weighted by atomic mass is 10.1. The number of aliphatic hydroxyl groups is 1. The van der Waals surface area contributed by atoms with Crippen LogP contribution in [-0.4, -0.2) is 23.7 Å². The van der Waals surface area contributed by atoms with Gasteiger partial charge in [-0.05, 0) is 18.9 Å². The average molecular weight is 242 g/mol. The minimum absolute atomic E-state index is 0.0523. The van der Waals surface area contributed by atoms with Crippen molar-refractivity contribution in [3.05, 3.63) is 15.8 Å². The second-order valence-electron chi connectivity index (χ2n) is 4.13. The zero-order chi connectivity index (χ0) is 12.3. The van der Waals surface area contributed by atoms with E-state index in [1.54, 1.807) is 6.07 Å². The van der Waals surface area contributed by atoms with Crippen LogP contribution in [0.5, 0.6) is 0 Å². The Morgan fingerprint density at radius 2 is 2.25 bits per heavy atom. The maximum atomic E-state index is 11.8. The first-order valence-corrected chi connectivity index (χ1v) is 6.05. The number of nitrogens with two attached hydrogens (primary N) is 1. The van der Waals surface area contributed by atoms with Crippen molar-refractivity contribution < 1.29 is 9.90 Å². The zero-order valence-electron chi connectivity index (χ0n) is 9.78. The minimum Gasteiger partial charge on any atom is -0.398 e. The monoisotopic (exact) mass is 242 g/mol. The fourth-order valence-corrected chi connectivity index (χ4v) is 2.11. The lowest BCUT2D eigenvalue weighted by Gasteiger charge is -2.19. The number of nitrogen functional groups attached to an aromatic ring is 1. The highest BCUT2D eigenvalue weighted by atomic mass is 32.1. The summed E-state index contributed by atoms with van der Waals surface area (Å²) >= 11 is 1.37. The summed E-state index contributed by atoms with van der Waals surface area (Å²) in [5, 5.41) is 11.9. The van der Waals surface area contributed by atoms with Gasteiger partial charge in [-0.3, -0.25) is 4.79 Å². The molecule has 0 fully saturated rings. The number of aliphatic hydroxyl groups excluding tert-OH is 1. The number of hydrogen-bond donors (Lipinski definition) is 3. The van der Waals surface area contributed by atoms with E-state index in [0.717, 1.165) is 4.88 Å². The van der Waals surface area contributed by atoms with Crippen molar-refractivity contribution in [3.63, 3.8) is 0 Å². The smallest absolute Gasteiger partial charge is 0.261 e. The van der Waals surface area contributed by atoms with E-state index in [9.17, 15) is 4.79 Å². The fraction of sp³-hybridized carbons (Fsp3) is 0.545. The van der Waals surface area contributed by atoms with Crippen molar-refractivity contribution in [1.29, 1.82) is 0 Å². The lowest BCUT2D eigenvalue weighted by Crippen LogP contribution is -2.40. The molecule has 5 heteroatoms. The molecule has 4 N–H and O–H groups in total. The molecule has 0 aliphatic rings. The van der Waals surface area contributed by atoms with Crippen LogP contribution in [0.3, 0.4) is 0 Å². The van der Waals surface area contributed by atoms with Crippen molar-refractivity contribution in [2.24, 2.45) is 5.92 Å². The molecular weight excluding hydrogens is 224 g/mol. The molecule has 1 amide bonds. The summed E-state index contributed by atoms with van der Waals surface area (Å²) in [6, 6.07) is 1.46. The summed E-state index contributed by atoms with van der Waals surface area (Å²) in [6.07, 6.45) is 0. The van der Waals surface area contributed by atoms with Gasteiger partial charge in [0.15, 0.2) is 0 Å². The standard InChI is InChI=1S/C11H18N2O2S/c1-6(2)9(5-14)13-11(15)10-4-8(12)7(3)16-10/h4,6,9,14H,5,12H2,1-3H3,(H,13,15). The van der Waals surface area contributed by atoms with Crippen LogP contribution in [0.2, 0.25) is 0 Å². The highest BCUT2D eigenvalue weighted by Crippen LogP contribution is 2.23. The number of thiophene rings is 1. The third-order valence-corrected chi connectivity index (χ3v) is 3.56. The molecule has 0 bridgehead atoms. The largest absolute Gasteiger partial charge is 0.398 e. The van der Waals surface area contributed by atoms with Crippen molar-refractivity contribution in [3.8, 4) is 0 Å². The first-order chi connectivity index (χ1) is 7.45. The van der Waals surface area contributed by atoms with Gasteiger partial charge in [0.2, 0.25) is 0 Å². The van der Waals surface area contributed by atoms with Gasteiger partial charge in [0.25, 0.3) is 5.91 Å². The number of rotatable bonds is 4. The normalized spacial score (nSPS) is 12.8. The maximum absolute atomic E-state index is 11.8. The maximum Gasteiger partial charge on any atom is 0.261 e. The summed E-state index contributed by atoms with van der Waals surface area (Å²) in [5.74, 6) is 0.0323. The first kappa shape index (κ1) is 13.0. The Hall–Kier alpha value is -1.07. The Labute approximate surface area is 99.5 Å². The van der Waals surface area contributed by atoms with Gasteiger partial charge >= 0.3 is 0 Å². The molecule has 1 aromatic heterocycles. The van der Waals surface area contributed by atoms with Gasteiger partial charge in [0.05, 0.1) is 17.5 Å². The Morgan fingerprint density at radius 1 is 1.62 bits per heavy atom. The molecule has 0 aliphatic carbocycles. The molecule has 1 heterocycles. The van der Waals surface area contributed by atoms with Crippen LogP contribution in [0.1, 0.15) is 28.4 Å². The van der Waals surface area contributed by atoms with E-state index in [0.29, 0.717) is 10.6 Å². The van der Waals surface area contributed by atoms with E-state index in [1.807, 2.05) is 20.8 Å². The SMILES string of the molecule is Cc1sc(C(=O)NC(CO)C(C)C)cc1N. The predicted molar refractivity (Wildman–Crippen MR) is 66.6 cm³/mol. The molecule has 1 rings (SSSR count). The van der Waals surface area contributed by atoms with E-state index in [4.69, 9.17) is 10.8 Å². The topological polar surface area (TPSA) is 75.3 Å². The predicted octanol–water partition coefficient (Wildman–Crippen LogP) is 1.39. The zero-order valence-corrected chi connectivity index (χ0v) is 10.6. The van der Waals surface area contributed by atoms with Crippen molar-refractivity contribution in [2.45, 2.75) is 26.8 Å². The van der Waals surface area contributed by atoms with Crippen LogP contribution < -0.4 is 11.1 Å². The van der Waals surface area contributed by atoms with Gasteiger partial charge in [-0.2, -0.15) is 0 Å². The first-order valence-electron chi connectivity index (χ1n) is 5.23. The molecule has 0 saturated heterocycles. The van der Waals surface area contributed by atoms with E-state index in [1.165, 1.54) is 11.3 Å². The molecule has 0 spiro atoms. The fourth-order valence-electron chi connectivity index (χ4n) is 1.27. The Kier molecular flexibility index (Phi) is 4.32. The summed E-state index contributed by atoms with van der Waals surface area (Å²) in [4.78, 5) is 13.3. The van der Waals surface area contributed by atoms with Gasteiger partial charge in [-0.25, -0.2) is 0 Å². The van der Waals surface area contributed by atoms with Gasteiger partial charge in [0.1, 0.15) is 0 Å². The van der Waals surface area contributed by atoms with Gasteiger partial charge < -0.3 is 16.2 Å². The van der Waals surface area contributed by atoms with E-state index < -0.39 is 0 Å². The summed E-state index contributed by atoms with van der Waals surface area (Å²) in [6.45, 7) is 5.73. The van der Waals surface area contributed by atoms with Gasteiger partial charge in [0, 0.05) is 10.6 Å². The molecule has 1 aromatic rings. The van der Waals surface area contributed by atoms with E-state index in [-0.39, 0.29) is 24.5 Å². The van der Waals surface area contributed by atoms with Crippen LogP contribution in [-0.2, 0) is 0 Å². The third kappa shape index (κ3) is 2.96. The number of carbonyl (C=O) groups excluding carboxylic acids is 1. The molecule has 4 nitrogen and oxygen atoms in total. The Balaban J connectivity index is 2.71. The molecule has 16 heavy (non-hydrogen) atoms. The van der Waals surface area contributed by atoms with Gasteiger partial charge in [-0.1, -0.05) is 13.8 Å². The van der Waals surface area contributed by atoms with Crippen LogP contribution in [0, 0.1) is 12.8 Å². The molecule has 1 atom stereocenters. The van der Waals surface area contributed by atoms with E-state index in [2.05, 4.69) is 5.32 Å². The van der Waals surface area contributed by atoms with Gasteiger partial charge in [-0.15, -0.1) is 11.3 Å². The quantitative estimate of drug-likeness (QED) is 0.746. The van der Waals surface area contributed by atoms with Crippen molar-refractivity contribution in [2.75, 3.05) is 12.3 Å². The van der Waals surface area contributed by atoms with Crippen LogP contribution in [0.4, 0.5) is 5.69 Å². The van der Waals surface area contributed by atoms with E-state index >= 15 is 0 Å². The summed E-state index contributed by atoms with van der Waals surface area (Å²) in [5.41, 5.74) is 6.32. The number of aryl methyl sites for hydroxylation is 1. The third-order valence-electron chi connectivity index (χ3n) is 2.50. The van der Waals surface area contributed by atoms with Crippen molar-refractivity contribution in [1.82, 2.24) is 5.32 Å². The molecule has 1 unspecified atom stereocenters. The second-order valence-corrected chi connectivity index (χ2v) is 5.39. The lowest BCUT2D eigenvalue weighted by molar-refractivity contribution is 0.0901. The molecule has 0 radical (unpaired) electrons. The Morgan fingerprint density at radius 3 is 2.62 bits per heavy atom. The number of carbonyl (C=O) groups is 1. The second kappa shape index (κ2) is 5.32. The molecule has 90 valence electrons. The Bertz CT molecular complexity index is 355. The number of amides is 1. The van der Waals surface area contributed by atoms with Crippen LogP contribution in [0.25, 0.3) is 0 Å². The minimum atomic E-state index is -0.212. The molecule has 0 aromatic carbocycles. The number of anilines is 1. The highest BCUT2D eigenvalue weighted by molar-refractivity contribution is 7.14. The number of nitrogens with one attached hydrogen (secondary N) is 1. The molecule has 0 aliphatic heterocycles. The highest BCUT2D eigenvalue weighted by Gasteiger charge is 2.17. The molecular formula is C11H18N2O2S. The average Bonchev–Trinajstić information content (AvgIpc) is 2.55. The number of hydrogen-bond acceptors (Lipinski definition) is 4.